The molecule has 2 heterocycles. The van der Waals surface area contributed by atoms with Gasteiger partial charge in [0.1, 0.15) is 0 Å². The summed E-state index contributed by atoms with van der Waals surface area (Å²) in [6.45, 7) is 4.66. The molecule has 0 aromatic carbocycles. The number of aromatic nitrogens is 2. The van der Waals surface area contributed by atoms with Gasteiger partial charge in [-0.25, -0.2) is 4.68 Å². The van der Waals surface area contributed by atoms with E-state index in [1.807, 2.05) is 0 Å². The zero-order chi connectivity index (χ0) is 15.2. The maximum atomic E-state index is 12.0. The minimum Gasteiger partial charge on any atom is -0.481 e. The van der Waals surface area contributed by atoms with Gasteiger partial charge in [0, 0.05) is 32.1 Å². The first kappa shape index (κ1) is 15.5. The summed E-state index contributed by atoms with van der Waals surface area (Å²) in [5.41, 5.74) is 0.786. The van der Waals surface area contributed by atoms with Crippen LogP contribution in [0.3, 0.4) is 0 Å². The number of aryl methyl sites for hydroxylation is 1. The van der Waals surface area contributed by atoms with E-state index in [0.29, 0.717) is 25.3 Å². The Morgan fingerprint density at radius 2 is 2.29 bits per heavy atom. The molecule has 1 aromatic rings. The lowest BCUT2D eigenvalue weighted by Gasteiger charge is -2.32. The highest BCUT2D eigenvalue weighted by Crippen LogP contribution is 2.20. The van der Waals surface area contributed by atoms with E-state index >= 15 is 0 Å². The van der Waals surface area contributed by atoms with Crippen molar-refractivity contribution in [3.63, 3.8) is 0 Å². The Hall–Kier alpha value is -1.85. The molecule has 0 amide bonds. The molecule has 21 heavy (non-hydrogen) atoms. The van der Waals surface area contributed by atoms with Crippen LogP contribution in [0.2, 0.25) is 0 Å². The average molecular weight is 293 g/mol. The second-order valence-electron chi connectivity index (χ2n) is 5.82. The number of anilines is 1. The summed E-state index contributed by atoms with van der Waals surface area (Å²) >= 11 is 0. The zero-order valence-corrected chi connectivity index (χ0v) is 12.5. The lowest BCUT2D eigenvalue weighted by Crippen LogP contribution is -2.35. The van der Waals surface area contributed by atoms with Gasteiger partial charge >= 0.3 is 5.97 Å². The molecule has 1 aromatic heterocycles. The van der Waals surface area contributed by atoms with Crippen molar-refractivity contribution in [1.29, 1.82) is 0 Å². The number of carboxylic acids is 1. The van der Waals surface area contributed by atoms with Crippen LogP contribution in [-0.2, 0) is 11.3 Å². The smallest absolute Gasteiger partial charge is 0.303 e. The van der Waals surface area contributed by atoms with Crippen LogP contribution in [0.5, 0.6) is 0 Å². The molecule has 0 radical (unpaired) electrons. The molecule has 1 N–H and O–H groups in total. The van der Waals surface area contributed by atoms with Crippen LogP contribution in [-0.4, -0.2) is 33.9 Å². The molecule has 1 fully saturated rings. The molecule has 1 aliphatic heterocycles. The molecule has 116 valence electrons. The zero-order valence-electron chi connectivity index (χ0n) is 12.5. The van der Waals surface area contributed by atoms with Gasteiger partial charge in [-0.05, 0) is 31.6 Å². The van der Waals surface area contributed by atoms with Crippen molar-refractivity contribution in [1.82, 2.24) is 9.78 Å². The first-order valence-corrected chi connectivity index (χ1v) is 7.60. The van der Waals surface area contributed by atoms with E-state index in [-0.39, 0.29) is 12.0 Å². The number of nitrogens with zero attached hydrogens (tertiary/aromatic N) is 3. The standard InChI is InChI=1S/C15H23N3O3/c1-12-5-4-7-17(11-12)13-9-14(19)18(16-10-13)8-3-2-6-15(20)21/h9-10,12H,2-8,11H2,1H3,(H,20,21). The number of piperidine rings is 1. The predicted molar refractivity (Wildman–Crippen MR) is 80.6 cm³/mol. The van der Waals surface area contributed by atoms with Gasteiger partial charge in [-0.1, -0.05) is 6.92 Å². The topological polar surface area (TPSA) is 75.4 Å². The monoisotopic (exact) mass is 293 g/mol. The van der Waals surface area contributed by atoms with Crippen molar-refractivity contribution >= 4 is 11.7 Å². The molecule has 6 heteroatoms. The first-order valence-electron chi connectivity index (χ1n) is 7.60. The number of aliphatic carboxylic acids is 1. The lowest BCUT2D eigenvalue weighted by molar-refractivity contribution is -0.137. The number of carbonyl (C=O) groups is 1. The van der Waals surface area contributed by atoms with Gasteiger partial charge in [-0.15, -0.1) is 0 Å². The summed E-state index contributed by atoms with van der Waals surface area (Å²) in [7, 11) is 0. The van der Waals surface area contributed by atoms with Crippen LogP contribution in [0.4, 0.5) is 5.69 Å². The van der Waals surface area contributed by atoms with Crippen LogP contribution in [0, 0.1) is 5.92 Å². The number of unbranched alkanes of at least 4 members (excludes halogenated alkanes) is 1. The van der Waals surface area contributed by atoms with Gasteiger partial charge in [0.15, 0.2) is 0 Å². The predicted octanol–water partition coefficient (Wildman–Crippen LogP) is 1.73. The molecule has 1 atom stereocenters. The highest BCUT2D eigenvalue weighted by atomic mass is 16.4. The van der Waals surface area contributed by atoms with E-state index in [1.54, 1.807) is 12.3 Å². The Morgan fingerprint density at radius 1 is 1.48 bits per heavy atom. The van der Waals surface area contributed by atoms with Crippen LogP contribution in [0.15, 0.2) is 17.1 Å². The highest BCUT2D eigenvalue weighted by molar-refractivity contribution is 5.66. The minimum absolute atomic E-state index is 0.110. The third-order valence-corrected chi connectivity index (χ3v) is 3.89. The van der Waals surface area contributed by atoms with Gasteiger partial charge < -0.3 is 10.0 Å². The van der Waals surface area contributed by atoms with Crippen molar-refractivity contribution in [3.8, 4) is 0 Å². The van der Waals surface area contributed by atoms with Crippen LogP contribution >= 0.6 is 0 Å². The molecule has 2 rings (SSSR count). The molecule has 1 unspecified atom stereocenters. The summed E-state index contributed by atoms with van der Waals surface area (Å²) in [5, 5.41) is 12.8. The van der Waals surface area contributed by atoms with Crippen molar-refractivity contribution < 1.29 is 9.90 Å². The van der Waals surface area contributed by atoms with E-state index in [0.717, 1.165) is 25.2 Å². The molecule has 1 aliphatic rings. The Labute approximate surface area is 124 Å². The van der Waals surface area contributed by atoms with Gasteiger partial charge in [0.25, 0.3) is 5.56 Å². The Balaban J connectivity index is 1.94. The molecule has 0 saturated carbocycles. The maximum Gasteiger partial charge on any atom is 0.303 e. The van der Waals surface area contributed by atoms with E-state index in [1.165, 1.54) is 11.1 Å². The number of rotatable bonds is 6. The lowest BCUT2D eigenvalue weighted by atomic mass is 10.00. The maximum absolute atomic E-state index is 12.0. The fourth-order valence-corrected chi connectivity index (χ4v) is 2.73. The quantitative estimate of drug-likeness (QED) is 0.808. The summed E-state index contributed by atoms with van der Waals surface area (Å²) in [6.07, 6.45) is 5.49. The third kappa shape index (κ3) is 4.58. The normalized spacial score (nSPS) is 18.7. The Morgan fingerprint density at radius 3 is 2.95 bits per heavy atom. The molecular formula is C15H23N3O3. The highest BCUT2D eigenvalue weighted by Gasteiger charge is 2.17. The van der Waals surface area contributed by atoms with Gasteiger partial charge in [0.2, 0.25) is 0 Å². The second kappa shape index (κ2) is 7.24. The Kier molecular flexibility index (Phi) is 5.36. The van der Waals surface area contributed by atoms with Crippen molar-refractivity contribution in [2.45, 2.75) is 45.6 Å². The van der Waals surface area contributed by atoms with Crippen LogP contribution in [0.25, 0.3) is 0 Å². The molecule has 1 saturated heterocycles. The van der Waals surface area contributed by atoms with Gasteiger partial charge in [-0.3, -0.25) is 9.59 Å². The minimum atomic E-state index is -0.801. The number of hydrogen-bond acceptors (Lipinski definition) is 4. The SMILES string of the molecule is CC1CCCN(c2cnn(CCCCC(=O)O)c(=O)c2)C1. The number of carboxylic acid groups (broad SMARTS) is 1. The fourth-order valence-electron chi connectivity index (χ4n) is 2.73. The third-order valence-electron chi connectivity index (χ3n) is 3.89. The molecule has 6 nitrogen and oxygen atoms in total. The molecular weight excluding hydrogens is 270 g/mol. The number of hydrogen-bond donors (Lipinski definition) is 1. The Bertz CT molecular complexity index is 541. The largest absolute Gasteiger partial charge is 0.481 e. The fraction of sp³-hybridized carbons (Fsp3) is 0.667. The van der Waals surface area contributed by atoms with Crippen molar-refractivity contribution in [2.75, 3.05) is 18.0 Å². The average Bonchev–Trinajstić information content (AvgIpc) is 2.44. The summed E-state index contributed by atoms with van der Waals surface area (Å²) in [4.78, 5) is 24.7. The first-order chi connectivity index (χ1) is 10.1. The summed E-state index contributed by atoms with van der Waals surface area (Å²) < 4.78 is 1.42. The molecule has 0 aliphatic carbocycles. The second-order valence-corrected chi connectivity index (χ2v) is 5.82. The van der Waals surface area contributed by atoms with E-state index < -0.39 is 5.97 Å². The van der Waals surface area contributed by atoms with Gasteiger partial charge in [0.05, 0.1) is 11.9 Å². The van der Waals surface area contributed by atoms with Crippen LogP contribution in [0.1, 0.15) is 39.0 Å². The summed E-state index contributed by atoms with van der Waals surface area (Å²) in [6, 6.07) is 1.64. The van der Waals surface area contributed by atoms with Crippen LogP contribution < -0.4 is 10.5 Å². The van der Waals surface area contributed by atoms with E-state index in [4.69, 9.17) is 5.11 Å². The van der Waals surface area contributed by atoms with E-state index in [2.05, 4.69) is 16.9 Å². The van der Waals surface area contributed by atoms with Gasteiger partial charge in [-0.2, -0.15) is 5.10 Å². The molecule has 0 spiro atoms. The molecule has 0 bridgehead atoms. The van der Waals surface area contributed by atoms with Crippen molar-refractivity contribution in [2.24, 2.45) is 5.92 Å². The summed E-state index contributed by atoms with van der Waals surface area (Å²) in [5.74, 6) is -0.151. The van der Waals surface area contributed by atoms with Crippen molar-refractivity contribution in [3.05, 3.63) is 22.6 Å². The van der Waals surface area contributed by atoms with E-state index in [9.17, 15) is 9.59 Å².